The first-order valence-electron chi connectivity index (χ1n) is 43.6. The normalized spacial score (nSPS) is 25.5. The van der Waals surface area contributed by atoms with Crippen molar-refractivity contribution >= 4 is 137 Å². The summed E-state index contributed by atoms with van der Waals surface area (Å²) in [5.74, 6) is 0.00977. The van der Waals surface area contributed by atoms with Crippen LogP contribution in [0, 0.1) is 11.8 Å². The minimum absolute atomic E-state index is 0.00661. The van der Waals surface area contributed by atoms with Crippen molar-refractivity contribution in [2.75, 3.05) is 91.8 Å². The summed E-state index contributed by atoms with van der Waals surface area (Å²) in [6.07, 6.45) is 19.7. The van der Waals surface area contributed by atoms with Crippen LogP contribution in [-0.4, -0.2) is 221 Å². The first-order chi connectivity index (χ1) is 58.5. The number of fused-ring (bicyclic) bond motifs is 4. The first-order valence-corrected chi connectivity index (χ1v) is 45.2. The SMILES string of the molecule is CC1(F)CCC(CNC(=O)c2cn(CC(=O)N3CCOCC3)c3cccc(Cl)c23)CC1.CC1(F)CCC(CNC(=O)c2cn(CCN3CCCC3=O)c3cccc(Cl)c23)CC1.CC1(F)CCCC(O)(CNC(=O)c2cn(CCN3CCCC3=O)c3cccc(Cl)c23)C1.CC1(F)CCC[C@@](O)(CNC(=O)c2cn(CCN3CCCC3=O)c3cccc(Cl)c23)C1. The van der Waals surface area contributed by atoms with Crippen molar-refractivity contribution in [2.24, 2.45) is 11.8 Å². The lowest BCUT2D eigenvalue weighted by Crippen LogP contribution is -2.49. The molecule has 16 rings (SSSR count). The van der Waals surface area contributed by atoms with Crippen molar-refractivity contribution in [3.8, 4) is 0 Å². The van der Waals surface area contributed by atoms with Gasteiger partial charge in [-0.15, -0.1) is 0 Å². The van der Waals surface area contributed by atoms with Gasteiger partial charge in [-0.05, 0) is 197 Å². The molecule has 3 unspecified atom stereocenters. The van der Waals surface area contributed by atoms with Crippen LogP contribution in [0.15, 0.2) is 97.6 Å². The van der Waals surface area contributed by atoms with Gasteiger partial charge in [-0.2, -0.15) is 0 Å². The molecule has 6 N–H and O–H groups in total. The molecule has 4 saturated carbocycles. The number of ether oxygens (including phenoxy) is 1. The number of amides is 8. The Balaban J connectivity index is 0.000000141. The van der Waals surface area contributed by atoms with Gasteiger partial charge in [0.2, 0.25) is 23.6 Å². The molecule has 8 heterocycles. The number of benzene rings is 4. The summed E-state index contributed by atoms with van der Waals surface area (Å²) in [6.45, 7) is 15.5. The summed E-state index contributed by atoms with van der Waals surface area (Å²) in [7, 11) is 0. The number of hydrogen-bond acceptors (Lipinski definition) is 11. The fourth-order valence-corrected chi connectivity index (χ4v) is 20.2. The molecule has 4 aliphatic heterocycles. The maximum atomic E-state index is 14.4. The van der Waals surface area contributed by atoms with Gasteiger partial charge in [0, 0.05) is 177 Å². The zero-order valence-electron chi connectivity index (χ0n) is 70.8. The molecule has 8 fully saturated rings. The van der Waals surface area contributed by atoms with Gasteiger partial charge in [-0.1, -0.05) is 70.7 Å². The number of hydrogen-bond donors (Lipinski definition) is 6. The van der Waals surface area contributed by atoms with E-state index >= 15 is 0 Å². The Kier molecular flexibility index (Phi) is 29.7. The molecule has 666 valence electrons. The van der Waals surface area contributed by atoms with Gasteiger partial charge < -0.3 is 74.1 Å². The van der Waals surface area contributed by atoms with E-state index in [1.807, 2.05) is 83.1 Å². The molecular weight excluding hydrogens is 1670 g/mol. The van der Waals surface area contributed by atoms with Crippen LogP contribution in [0.4, 0.5) is 17.6 Å². The van der Waals surface area contributed by atoms with Gasteiger partial charge >= 0.3 is 0 Å². The number of morpholine rings is 1. The molecule has 0 spiro atoms. The molecule has 31 heteroatoms. The summed E-state index contributed by atoms with van der Waals surface area (Å²) in [5.41, 5.74) is -2.40. The molecule has 4 atom stereocenters. The minimum Gasteiger partial charge on any atom is -0.388 e. The largest absolute Gasteiger partial charge is 0.388 e. The van der Waals surface area contributed by atoms with Gasteiger partial charge in [0.05, 0.1) is 88.8 Å². The monoisotopic (exact) mass is 1780 g/mol. The molecule has 8 aliphatic rings. The van der Waals surface area contributed by atoms with Crippen LogP contribution in [0.1, 0.15) is 210 Å². The molecule has 4 aliphatic carbocycles. The van der Waals surface area contributed by atoms with Gasteiger partial charge in [0.15, 0.2) is 0 Å². The van der Waals surface area contributed by atoms with Crippen LogP contribution in [0.3, 0.4) is 0 Å². The number of nitrogens with zero attached hydrogens (tertiary/aromatic N) is 8. The Labute approximate surface area is 735 Å². The molecule has 4 aromatic heterocycles. The van der Waals surface area contributed by atoms with Gasteiger partial charge in [0.1, 0.15) is 29.2 Å². The first kappa shape index (κ1) is 92.2. The average Bonchev–Trinajstić information content (AvgIpc) is 1.63. The Hall–Kier alpha value is -8.44. The molecule has 8 amide bonds. The van der Waals surface area contributed by atoms with E-state index < -0.39 is 33.9 Å². The zero-order valence-corrected chi connectivity index (χ0v) is 73.9. The van der Waals surface area contributed by atoms with E-state index in [2.05, 4.69) is 21.3 Å². The Bertz CT molecular complexity index is 5010. The van der Waals surface area contributed by atoms with Crippen LogP contribution in [0.2, 0.25) is 20.1 Å². The van der Waals surface area contributed by atoms with Crippen molar-refractivity contribution < 1.29 is 70.9 Å². The summed E-state index contributed by atoms with van der Waals surface area (Å²) in [6, 6.07) is 22.0. The highest BCUT2D eigenvalue weighted by atomic mass is 35.5. The van der Waals surface area contributed by atoms with Gasteiger partial charge in [-0.3, -0.25) is 38.4 Å². The summed E-state index contributed by atoms with van der Waals surface area (Å²) < 4.78 is 69.8. The highest BCUT2D eigenvalue weighted by molar-refractivity contribution is 6.38. The summed E-state index contributed by atoms with van der Waals surface area (Å²) in [4.78, 5) is 108. The molecule has 4 aromatic carbocycles. The standard InChI is InChI=1S/3C23H29ClFN3O3.C23H29ClFN3O2/c2*1-22(25)8-4-9-23(31,14-22)15-26-21(30)16-13-28(12-11-27-10-3-7-19(27)29)18-6-2-5-17(24)20(16)18;1-23(25)7-5-16(6-8-23)13-26-22(30)17-14-28(19-4-2-3-18(24)21(17)19)15-20(29)27-9-11-31-12-10-27;1-23(25)9-7-16(8-10-23)14-26-22(30)17-15-28(13-12-27-11-3-6-20(27)29)19-5-2-4-18(24)21(17)19/h2*2,5-6,13,31H,3-4,7-12,14-15H2,1H3,(H,26,30);2-4,14,16H,5-13,15H2,1H3,(H,26,30);2,4-5,15-16H,3,6-14H2,1H3,(H,26,30)/t22?,23-;;;/m0.../s1. The predicted molar refractivity (Wildman–Crippen MR) is 471 cm³/mol. The van der Waals surface area contributed by atoms with Crippen molar-refractivity contribution in [3.63, 3.8) is 0 Å². The number of likely N-dealkylation sites (tertiary alicyclic amines) is 3. The van der Waals surface area contributed by atoms with Crippen molar-refractivity contribution in [1.82, 2.24) is 59.1 Å². The maximum Gasteiger partial charge on any atom is 0.253 e. The van der Waals surface area contributed by atoms with E-state index in [-0.39, 0.29) is 85.7 Å². The number of aliphatic hydroxyl groups is 2. The van der Waals surface area contributed by atoms with Crippen molar-refractivity contribution in [3.05, 3.63) is 140 Å². The van der Waals surface area contributed by atoms with Gasteiger partial charge in [-0.25, -0.2) is 17.6 Å². The lowest BCUT2D eigenvalue weighted by molar-refractivity contribution is -0.136. The second kappa shape index (κ2) is 39.6. The molecule has 0 radical (unpaired) electrons. The molecule has 0 bridgehead atoms. The Morgan fingerprint density at radius 1 is 0.407 bits per heavy atom. The number of rotatable bonds is 23. The second-order valence-corrected chi connectivity index (χ2v) is 37.8. The van der Waals surface area contributed by atoms with Crippen molar-refractivity contribution in [1.29, 1.82) is 0 Å². The fraction of sp³-hybridized carbons (Fsp3) is 0.565. The highest BCUT2D eigenvalue weighted by Gasteiger charge is 2.44. The smallest absolute Gasteiger partial charge is 0.253 e. The van der Waals surface area contributed by atoms with Crippen LogP contribution in [-0.2, 0) is 50.1 Å². The molecule has 123 heavy (non-hydrogen) atoms. The molecule has 8 aromatic rings. The number of carbonyl (C=O) groups excluding carboxylic acids is 8. The predicted octanol–water partition coefficient (Wildman–Crippen LogP) is 15.7. The van der Waals surface area contributed by atoms with Crippen LogP contribution in [0.5, 0.6) is 0 Å². The molecule has 23 nitrogen and oxygen atoms in total. The third-order valence-corrected chi connectivity index (χ3v) is 27.3. The van der Waals surface area contributed by atoms with E-state index in [9.17, 15) is 66.1 Å². The van der Waals surface area contributed by atoms with E-state index in [0.717, 1.165) is 92.0 Å². The quantitative estimate of drug-likeness (QED) is 0.0328. The van der Waals surface area contributed by atoms with Crippen LogP contribution < -0.4 is 21.3 Å². The number of alkyl halides is 4. The third-order valence-electron chi connectivity index (χ3n) is 26.0. The topological polar surface area (TPSA) is 267 Å². The van der Waals surface area contributed by atoms with E-state index in [1.165, 1.54) is 13.8 Å². The minimum atomic E-state index is -1.43. The van der Waals surface area contributed by atoms with Crippen LogP contribution >= 0.6 is 46.4 Å². The summed E-state index contributed by atoms with van der Waals surface area (Å²) >= 11 is 25.7. The second-order valence-electron chi connectivity index (χ2n) is 36.2. The van der Waals surface area contributed by atoms with E-state index in [0.29, 0.717) is 227 Å². The van der Waals surface area contributed by atoms with Crippen LogP contribution in [0.25, 0.3) is 43.6 Å². The Morgan fingerprint density at radius 3 is 1.02 bits per heavy atom. The average molecular weight is 1780 g/mol. The lowest BCUT2D eigenvalue weighted by Gasteiger charge is -2.39. The third kappa shape index (κ3) is 23.2. The molecular formula is C92H116Cl4F4N12O11. The van der Waals surface area contributed by atoms with Crippen molar-refractivity contribution in [2.45, 2.75) is 229 Å². The summed E-state index contributed by atoms with van der Waals surface area (Å²) in [5, 5.41) is 37.8. The highest BCUT2D eigenvalue weighted by Crippen LogP contribution is 2.42. The zero-order chi connectivity index (χ0) is 87.8. The molecule has 4 saturated heterocycles. The number of carbonyl (C=O) groups is 8. The number of halogens is 8. The number of nitrogens with one attached hydrogen (secondary N) is 4. The van der Waals surface area contributed by atoms with Gasteiger partial charge in [0.25, 0.3) is 23.6 Å². The van der Waals surface area contributed by atoms with E-state index in [4.69, 9.17) is 51.1 Å². The maximum absolute atomic E-state index is 14.4. The Morgan fingerprint density at radius 2 is 0.715 bits per heavy atom. The van der Waals surface area contributed by atoms with E-state index in [1.54, 1.807) is 66.2 Å². The lowest BCUT2D eigenvalue weighted by atomic mass is 9.77. The number of aromatic nitrogens is 4. The fourth-order valence-electron chi connectivity index (χ4n) is 19.1.